The minimum Gasteiger partial charge on any atom is -0.467 e. The van der Waals surface area contributed by atoms with Crippen LogP contribution >= 0.6 is 11.6 Å². The first-order chi connectivity index (χ1) is 15.1. The number of hydrogen-bond acceptors (Lipinski definition) is 6. The Hall–Kier alpha value is -2.90. The Morgan fingerprint density at radius 1 is 1.19 bits per heavy atom. The summed E-state index contributed by atoms with van der Waals surface area (Å²) in [5, 5.41) is 1.04. The van der Waals surface area contributed by atoms with E-state index < -0.39 is 5.97 Å². The molecule has 0 saturated carbocycles. The van der Waals surface area contributed by atoms with E-state index >= 15 is 0 Å². The van der Waals surface area contributed by atoms with Crippen LogP contribution in [-0.4, -0.2) is 22.3 Å². The van der Waals surface area contributed by atoms with Crippen molar-refractivity contribution >= 4 is 28.5 Å². The number of aromatic nitrogens is 2. The Kier molecular flexibility index (Phi) is 5.38. The molecule has 0 spiro atoms. The predicted octanol–water partition coefficient (Wildman–Crippen LogP) is 4.00. The van der Waals surface area contributed by atoms with Crippen molar-refractivity contribution < 1.29 is 19.0 Å². The largest absolute Gasteiger partial charge is 0.467 e. The van der Waals surface area contributed by atoms with Crippen LogP contribution in [0.25, 0.3) is 10.9 Å². The molecule has 2 aliphatic rings. The lowest BCUT2D eigenvalue weighted by Gasteiger charge is -2.21. The van der Waals surface area contributed by atoms with Crippen molar-refractivity contribution in [3.8, 4) is 5.75 Å². The molecule has 31 heavy (non-hydrogen) atoms. The van der Waals surface area contributed by atoms with Crippen LogP contribution in [0.15, 0.2) is 35.1 Å². The predicted molar refractivity (Wildman–Crippen MR) is 114 cm³/mol. The summed E-state index contributed by atoms with van der Waals surface area (Å²) in [5.74, 6) is 0.921. The Morgan fingerprint density at radius 2 is 2.10 bits per heavy atom. The van der Waals surface area contributed by atoms with Gasteiger partial charge in [-0.15, -0.1) is 0 Å². The van der Waals surface area contributed by atoms with Crippen LogP contribution in [0.4, 0.5) is 0 Å². The normalized spacial score (nSPS) is 15.5. The highest BCUT2D eigenvalue weighted by molar-refractivity contribution is 6.30. The molecule has 0 N–H and O–H groups in total. The molecule has 5 rings (SSSR count). The summed E-state index contributed by atoms with van der Waals surface area (Å²) in [7, 11) is 0. The first kappa shape index (κ1) is 20.0. The summed E-state index contributed by atoms with van der Waals surface area (Å²) in [6.07, 6.45) is 3.84. The molecule has 0 amide bonds. The van der Waals surface area contributed by atoms with E-state index in [2.05, 4.69) is 4.98 Å². The van der Waals surface area contributed by atoms with Crippen LogP contribution in [-0.2, 0) is 35.7 Å². The average molecular weight is 441 g/mol. The lowest BCUT2D eigenvalue weighted by molar-refractivity contribution is -0.0180. The molecule has 8 heteroatoms. The lowest BCUT2D eigenvalue weighted by atomic mass is 10.1. The standard InChI is InChI=1S/C23H21ClN2O5/c24-17-8-15-11-29-13-31-21(15)16(9-17)12-30-23(28)14-5-6-18-19(10-14)25-20-4-2-1-3-7-26(20)22(18)27/h5-6,8-10H,1-4,7,11-13H2. The molecule has 3 aromatic rings. The third-order valence-electron chi connectivity index (χ3n) is 5.66. The fourth-order valence-corrected chi connectivity index (χ4v) is 4.40. The van der Waals surface area contributed by atoms with Crippen molar-refractivity contribution in [1.82, 2.24) is 9.55 Å². The first-order valence-electron chi connectivity index (χ1n) is 10.3. The second kappa shape index (κ2) is 8.32. The zero-order valence-electron chi connectivity index (χ0n) is 16.9. The molecule has 7 nitrogen and oxygen atoms in total. The topological polar surface area (TPSA) is 79.7 Å². The minimum absolute atomic E-state index is 0.0139. The smallest absolute Gasteiger partial charge is 0.338 e. The van der Waals surface area contributed by atoms with Crippen LogP contribution in [0.5, 0.6) is 5.75 Å². The molecule has 3 heterocycles. The van der Waals surface area contributed by atoms with Crippen molar-refractivity contribution in [2.75, 3.05) is 6.79 Å². The van der Waals surface area contributed by atoms with Crippen molar-refractivity contribution in [3.63, 3.8) is 0 Å². The molecule has 2 aliphatic heterocycles. The molecular formula is C23H21ClN2O5. The van der Waals surface area contributed by atoms with Crippen molar-refractivity contribution in [1.29, 1.82) is 0 Å². The number of esters is 1. The van der Waals surface area contributed by atoms with Gasteiger partial charge >= 0.3 is 5.97 Å². The summed E-state index contributed by atoms with van der Waals surface area (Å²) in [6, 6.07) is 8.38. The zero-order chi connectivity index (χ0) is 21.4. The molecule has 0 saturated heterocycles. The van der Waals surface area contributed by atoms with E-state index in [1.54, 1.807) is 34.9 Å². The van der Waals surface area contributed by atoms with E-state index in [0.29, 0.717) is 46.0 Å². The number of fused-ring (bicyclic) bond motifs is 3. The highest BCUT2D eigenvalue weighted by Gasteiger charge is 2.19. The van der Waals surface area contributed by atoms with E-state index in [1.807, 2.05) is 0 Å². The Bertz CT molecular complexity index is 1240. The molecule has 0 aliphatic carbocycles. The second-order valence-corrected chi connectivity index (χ2v) is 8.20. The Labute approximate surface area is 183 Å². The quantitative estimate of drug-likeness (QED) is 0.573. The molecule has 0 radical (unpaired) electrons. The van der Waals surface area contributed by atoms with Gasteiger partial charge < -0.3 is 14.2 Å². The van der Waals surface area contributed by atoms with Crippen LogP contribution in [0.3, 0.4) is 0 Å². The summed E-state index contributed by atoms with van der Waals surface area (Å²) >= 11 is 6.17. The number of nitrogens with zero attached hydrogens (tertiary/aromatic N) is 2. The van der Waals surface area contributed by atoms with Gasteiger partial charge in [-0.3, -0.25) is 9.36 Å². The fourth-order valence-electron chi connectivity index (χ4n) is 4.14. The number of carbonyl (C=O) groups excluding carboxylic acids is 1. The molecule has 2 aromatic carbocycles. The second-order valence-electron chi connectivity index (χ2n) is 7.77. The van der Waals surface area contributed by atoms with E-state index in [9.17, 15) is 9.59 Å². The summed E-state index contributed by atoms with van der Waals surface area (Å²) in [5.41, 5.74) is 2.32. The summed E-state index contributed by atoms with van der Waals surface area (Å²) in [6.45, 7) is 1.25. The van der Waals surface area contributed by atoms with E-state index in [-0.39, 0.29) is 19.0 Å². The fraction of sp³-hybridized carbons (Fsp3) is 0.348. The molecular weight excluding hydrogens is 420 g/mol. The Morgan fingerprint density at radius 3 is 3.00 bits per heavy atom. The van der Waals surface area contributed by atoms with E-state index in [4.69, 9.17) is 25.8 Å². The van der Waals surface area contributed by atoms with Gasteiger partial charge in [-0.1, -0.05) is 18.0 Å². The maximum absolute atomic E-state index is 12.9. The Balaban J connectivity index is 1.41. The third kappa shape index (κ3) is 3.91. The van der Waals surface area contributed by atoms with Crippen molar-refractivity contribution in [3.05, 3.63) is 68.2 Å². The monoisotopic (exact) mass is 440 g/mol. The molecule has 0 atom stereocenters. The third-order valence-corrected chi connectivity index (χ3v) is 5.88. The number of rotatable bonds is 3. The zero-order valence-corrected chi connectivity index (χ0v) is 17.6. The number of hydrogen-bond donors (Lipinski definition) is 0. The van der Waals surface area contributed by atoms with Gasteiger partial charge in [-0.05, 0) is 43.2 Å². The van der Waals surface area contributed by atoms with Gasteiger partial charge in [0.25, 0.3) is 5.56 Å². The van der Waals surface area contributed by atoms with Gasteiger partial charge in [0, 0.05) is 29.1 Å². The van der Waals surface area contributed by atoms with Gasteiger partial charge in [0.05, 0.1) is 23.1 Å². The molecule has 0 bridgehead atoms. The number of carbonyl (C=O) groups is 1. The van der Waals surface area contributed by atoms with Gasteiger partial charge in [-0.25, -0.2) is 9.78 Å². The highest BCUT2D eigenvalue weighted by atomic mass is 35.5. The SMILES string of the molecule is O=C(OCc1cc(Cl)cc2c1OCOC2)c1ccc2c(=O)n3c(nc2c1)CCCCC3. The van der Waals surface area contributed by atoms with Crippen LogP contribution < -0.4 is 10.3 Å². The summed E-state index contributed by atoms with van der Waals surface area (Å²) in [4.78, 5) is 30.2. The average Bonchev–Trinajstić information content (AvgIpc) is 3.02. The van der Waals surface area contributed by atoms with Crippen LogP contribution in [0, 0.1) is 0 Å². The highest BCUT2D eigenvalue weighted by Crippen LogP contribution is 2.32. The number of ether oxygens (including phenoxy) is 3. The molecule has 1 aromatic heterocycles. The van der Waals surface area contributed by atoms with Gasteiger partial charge in [0.1, 0.15) is 18.2 Å². The molecule has 0 fully saturated rings. The summed E-state index contributed by atoms with van der Waals surface area (Å²) < 4.78 is 18.1. The maximum Gasteiger partial charge on any atom is 0.338 e. The maximum atomic E-state index is 12.9. The number of aryl methyl sites for hydroxylation is 1. The van der Waals surface area contributed by atoms with Gasteiger partial charge in [0.2, 0.25) is 0 Å². The van der Waals surface area contributed by atoms with Crippen LogP contribution in [0.1, 0.15) is 46.6 Å². The number of benzene rings is 2. The van der Waals surface area contributed by atoms with E-state index in [0.717, 1.165) is 37.1 Å². The molecule has 160 valence electrons. The van der Waals surface area contributed by atoms with E-state index in [1.165, 1.54) is 0 Å². The van der Waals surface area contributed by atoms with Crippen molar-refractivity contribution in [2.45, 2.75) is 45.4 Å². The van der Waals surface area contributed by atoms with Gasteiger partial charge in [-0.2, -0.15) is 0 Å². The molecule has 0 unspecified atom stereocenters. The van der Waals surface area contributed by atoms with Crippen LogP contribution in [0.2, 0.25) is 5.02 Å². The lowest BCUT2D eigenvalue weighted by Crippen LogP contribution is -2.24. The first-order valence-corrected chi connectivity index (χ1v) is 10.7. The number of halogens is 1. The van der Waals surface area contributed by atoms with Crippen molar-refractivity contribution in [2.24, 2.45) is 0 Å². The minimum atomic E-state index is -0.500. The van der Waals surface area contributed by atoms with Gasteiger partial charge in [0.15, 0.2) is 6.79 Å².